The average Bonchev–Trinajstić information content (AvgIpc) is 3.48. The molecule has 0 amide bonds. The predicted molar refractivity (Wildman–Crippen MR) is 143 cm³/mol. The molecule has 5 heteroatoms. The van der Waals surface area contributed by atoms with Crippen LogP contribution in [0.4, 0.5) is 0 Å². The molecule has 176 valence electrons. The number of hydrogen-bond acceptors (Lipinski definition) is 4. The first-order valence-corrected chi connectivity index (χ1v) is 11.8. The third-order valence-electron chi connectivity index (χ3n) is 6.55. The van der Waals surface area contributed by atoms with Gasteiger partial charge in [-0.3, -0.25) is 9.97 Å². The minimum atomic E-state index is -2.16. The molecule has 4 heterocycles. The number of benzene rings is 2. The van der Waals surface area contributed by atoms with E-state index in [1.165, 1.54) is 0 Å². The number of aromatic nitrogens is 4. The van der Waals surface area contributed by atoms with Crippen LogP contribution in [0.3, 0.4) is 0 Å². The second-order valence-corrected chi connectivity index (χ2v) is 8.89. The molecular weight excluding hydrogens is 444 g/mol. The van der Waals surface area contributed by atoms with Gasteiger partial charge in [-0.15, -0.1) is 0 Å². The van der Waals surface area contributed by atoms with Crippen molar-refractivity contribution in [1.29, 1.82) is 0 Å². The Labute approximate surface area is 214 Å². The van der Waals surface area contributed by atoms with Gasteiger partial charge < -0.3 is 9.09 Å². The third kappa shape index (κ3) is 3.79. The van der Waals surface area contributed by atoms with Crippen LogP contribution >= 0.6 is 0 Å². The van der Waals surface area contributed by atoms with Crippen molar-refractivity contribution in [2.75, 3.05) is 0 Å². The second kappa shape index (κ2) is 8.93. The molecule has 0 bridgehead atoms. The number of rotatable bonds is 5. The Morgan fingerprint density at radius 3 is 2.39 bits per heavy atom. The third-order valence-corrected chi connectivity index (χ3v) is 6.55. The zero-order chi connectivity index (χ0) is 27.1. The average molecular weight is 474 g/mol. The lowest BCUT2D eigenvalue weighted by molar-refractivity contribution is 0.393. The summed E-state index contributed by atoms with van der Waals surface area (Å²) in [6.45, 7) is 1.66. The second-order valence-electron chi connectivity index (χ2n) is 8.89. The van der Waals surface area contributed by atoms with Gasteiger partial charge in [-0.1, -0.05) is 71.4 Å². The molecule has 0 aliphatic heterocycles. The molecule has 0 saturated carbocycles. The molecule has 0 N–H and O–H groups in total. The standard InChI is InChI=1S/C31H26N4O/c1-20-12-14-23(15-13-20)26-19-35(31(24-9-5-4-6-10-24)27-11-7-8-16-32-27)28-17-25(18-33-30(26)28)29-21(2)34-36-22(29)3/h4-19,31H,1-3H3/t31-/m1/s1/i1D3. The lowest BCUT2D eigenvalue weighted by atomic mass is 10.0. The maximum Gasteiger partial charge on any atom is 0.141 e. The molecule has 0 saturated heterocycles. The Balaban J connectivity index is 1.62. The van der Waals surface area contributed by atoms with E-state index in [0.717, 1.165) is 56.0 Å². The van der Waals surface area contributed by atoms with Crippen LogP contribution in [0.15, 0.2) is 102 Å². The Bertz CT molecular complexity index is 1700. The predicted octanol–water partition coefficient (Wildman–Crippen LogP) is 7.32. The van der Waals surface area contributed by atoms with E-state index in [1.54, 1.807) is 18.3 Å². The van der Waals surface area contributed by atoms with Crippen LogP contribution in [0, 0.1) is 20.7 Å². The maximum absolute atomic E-state index is 7.75. The van der Waals surface area contributed by atoms with Crippen molar-refractivity contribution < 1.29 is 8.64 Å². The number of hydrogen-bond donors (Lipinski definition) is 0. The molecule has 0 aliphatic rings. The van der Waals surface area contributed by atoms with Crippen LogP contribution < -0.4 is 0 Å². The van der Waals surface area contributed by atoms with E-state index in [1.807, 2.05) is 68.6 Å². The van der Waals surface area contributed by atoms with Gasteiger partial charge in [-0.05, 0) is 50.0 Å². The monoisotopic (exact) mass is 473 g/mol. The van der Waals surface area contributed by atoms with Crippen LogP contribution in [0.25, 0.3) is 33.3 Å². The number of pyridine rings is 2. The van der Waals surface area contributed by atoms with E-state index in [4.69, 9.17) is 18.6 Å². The van der Waals surface area contributed by atoms with Crippen molar-refractivity contribution in [2.24, 2.45) is 0 Å². The highest BCUT2D eigenvalue weighted by Gasteiger charge is 2.23. The van der Waals surface area contributed by atoms with Gasteiger partial charge in [0.25, 0.3) is 0 Å². The number of fused-ring (bicyclic) bond motifs is 1. The van der Waals surface area contributed by atoms with E-state index in [2.05, 4.69) is 34.1 Å². The molecular formula is C31H26N4O. The molecule has 2 aromatic carbocycles. The van der Waals surface area contributed by atoms with E-state index in [9.17, 15) is 0 Å². The summed E-state index contributed by atoms with van der Waals surface area (Å²) < 4.78 is 30.9. The zero-order valence-corrected chi connectivity index (χ0v) is 20.0. The molecule has 1 atom stereocenters. The van der Waals surface area contributed by atoms with Gasteiger partial charge in [-0.2, -0.15) is 0 Å². The summed E-state index contributed by atoms with van der Waals surface area (Å²) in [6.07, 6.45) is 5.74. The molecule has 0 radical (unpaired) electrons. The van der Waals surface area contributed by atoms with Gasteiger partial charge in [-0.25, -0.2) is 0 Å². The number of nitrogens with zero attached hydrogens (tertiary/aromatic N) is 4. The lowest BCUT2D eigenvalue weighted by Crippen LogP contribution is -2.13. The molecule has 0 spiro atoms. The maximum atomic E-state index is 7.75. The molecule has 6 rings (SSSR count). The fourth-order valence-electron chi connectivity index (χ4n) is 4.88. The quantitative estimate of drug-likeness (QED) is 0.263. The first kappa shape index (κ1) is 18.8. The Kier molecular flexibility index (Phi) is 4.66. The van der Waals surface area contributed by atoms with E-state index >= 15 is 0 Å². The Morgan fingerprint density at radius 1 is 0.889 bits per heavy atom. The SMILES string of the molecule is [2H]C([2H])([2H])c1ccc(-c2cn([C@H](c3ccccc3)c3ccccn3)c3cc(-c4c(C)noc4C)cnc23)cc1. The highest BCUT2D eigenvalue weighted by molar-refractivity contribution is 5.95. The zero-order valence-electron chi connectivity index (χ0n) is 23.0. The van der Waals surface area contributed by atoms with E-state index in [-0.39, 0.29) is 6.04 Å². The van der Waals surface area contributed by atoms with Gasteiger partial charge in [0.2, 0.25) is 0 Å². The minimum absolute atomic E-state index is 0.216. The highest BCUT2D eigenvalue weighted by atomic mass is 16.5. The van der Waals surface area contributed by atoms with Crippen molar-refractivity contribution in [3.8, 4) is 22.3 Å². The fourth-order valence-corrected chi connectivity index (χ4v) is 4.88. The molecule has 0 unspecified atom stereocenters. The molecule has 0 aliphatic carbocycles. The normalized spacial score (nSPS) is 13.8. The topological polar surface area (TPSA) is 56.7 Å². The van der Waals surface area contributed by atoms with Crippen LogP contribution in [0.1, 0.15) is 38.4 Å². The smallest absolute Gasteiger partial charge is 0.141 e. The van der Waals surface area contributed by atoms with Crippen LogP contribution in [-0.4, -0.2) is 19.7 Å². The van der Waals surface area contributed by atoms with Gasteiger partial charge in [0.1, 0.15) is 11.8 Å². The first-order valence-electron chi connectivity index (χ1n) is 13.3. The Hall–Kier alpha value is -4.51. The largest absolute Gasteiger partial charge is 0.361 e. The fraction of sp³-hybridized carbons (Fsp3) is 0.129. The molecule has 0 fully saturated rings. The summed E-state index contributed by atoms with van der Waals surface area (Å²) in [6, 6.07) is 25.1. The van der Waals surface area contributed by atoms with Crippen molar-refractivity contribution in [2.45, 2.75) is 26.7 Å². The highest BCUT2D eigenvalue weighted by Crippen LogP contribution is 2.38. The van der Waals surface area contributed by atoms with Gasteiger partial charge in [0.05, 0.1) is 22.4 Å². The van der Waals surface area contributed by atoms with Gasteiger partial charge in [0.15, 0.2) is 0 Å². The summed E-state index contributed by atoms with van der Waals surface area (Å²) >= 11 is 0. The van der Waals surface area contributed by atoms with Gasteiger partial charge >= 0.3 is 0 Å². The van der Waals surface area contributed by atoms with Crippen molar-refractivity contribution in [1.82, 2.24) is 19.7 Å². The summed E-state index contributed by atoms with van der Waals surface area (Å²) in [5.74, 6) is 0.733. The molecule has 5 nitrogen and oxygen atoms in total. The van der Waals surface area contributed by atoms with Crippen molar-refractivity contribution >= 4 is 11.0 Å². The minimum Gasteiger partial charge on any atom is -0.361 e. The summed E-state index contributed by atoms with van der Waals surface area (Å²) in [5.41, 5.74) is 8.45. The van der Waals surface area contributed by atoms with Crippen molar-refractivity contribution in [3.63, 3.8) is 0 Å². The Morgan fingerprint density at radius 2 is 1.69 bits per heavy atom. The van der Waals surface area contributed by atoms with Crippen molar-refractivity contribution in [3.05, 3.63) is 126 Å². The lowest BCUT2D eigenvalue weighted by Gasteiger charge is -2.20. The molecule has 6 aromatic rings. The number of aryl methyl sites for hydroxylation is 3. The van der Waals surface area contributed by atoms with Gasteiger partial charge in [0, 0.05) is 39.4 Å². The first-order chi connectivity index (χ1) is 18.8. The molecule has 36 heavy (non-hydrogen) atoms. The summed E-state index contributed by atoms with van der Waals surface area (Å²) in [4.78, 5) is 9.67. The summed E-state index contributed by atoms with van der Waals surface area (Å²) in [5, 5.41) is 4.14. The summed E-state index contributed by atoms with van der Waals surface area (Å²) in [7, 11) is 0. The van der Waals surface area contributed by atoms with Crippen LogP contribution in [0.2, 0.25) is 0 Å². The van der Waals surface area contributed by atoms with Crippen LogP contribution in [-0.2, 0) is 0 Å². The van der Waals surface area contributed by atoms with E-state index in [0.29, 0.717) is 5.56 Å². The molecule has 4 aromatic heterocycles. The van der Waals surface area contributed by atoms with Crippen LogP contribution in [0.5, 0.6) is 0 Å². The van der Waals surface area contributed by atoms with E-state index < -0.39 is 6.85 Å².